The Labute approximate surface area is 68.5 Å². The highest BCUT2D eigenvalue weighted by Gasteiger charge is 1.78. The SMILES string of the molecule is C[S@](=O)/C=C/CCN=C=S. The highest BCUT2D eigenvalue weighted by molar-refractivity contribution is 7.87. The number of thiocarbonyl (C=S) groups is 1. The van der Waals surface area contributed by atoms with Crippen LogP contribution in [0.1, 0.15) is 6.42 Å². The summed E-state index contributed by atoms with van der Waals surface area (Å²) in [5, 5.41) is 3.89. The minimum Gasteiger partial charge on any atom is -0.255 e. The van der Waals surface area contributed by atoms with E-state index in [4.69, 9.17) is 0 Å². The van der Waals surface area contributed by atoms with Gasteiger partial charge in [0.25, 0.3) is 0 Å². The molecular formula is C6H9NOS2. The molecule has 0 bridgehead atoms. The lowest BCUT2D eigenvalue weighted by atomic mass is 10.4. The number of hydrogen-bond donors (Lipinski definition) is 0. The maximum atomic E-state index is 10.4. The van der Waals surface area contributed by atoms with E-state index in [9.17, 15) is 4.21 Å². The Morgan fingerprint density at radius 2 is 2.50 bits per heavy atom. The second-order valence-corrected chi connectivity index (χ2v) is 3.08. The third-order valence-electron chi connectivity index (χ3n) is 0.760. The molecule has 0 saturated heterocycles. The molecular weight excluding hydrogens is 166 g/mol. The van der Waals surface area contributed by atoms with Crippen molar-refractivity contribution in [2.24, 2.45) is 4.99 Å². The maximum Gasteiger partial charge on any atom is 0.0585 e. The molecule has 0 amide bonds. The molecule has 0 saturated carbocycles. The van der Waals surface area contributed by atoms with E-state index in [2.05, 4.69) is 22.4 Å². The summed E-state index contributed by atoms with van der Waals surface area (Å²) in [6.07, 6.45) is 4.23. The first-order valence-corrected chi connectivity index (χ1v) is 4.83. The molecule has 0 aliphatic heterocycles. The van der Waals surface area contributed by atoms with Crippen LogP contribution in [0.2, 0.25) is 0 Å². The van der Waals surface area contributed by atoms with Crippen molar-refractivity contribution in [3.05, 3.63) is 11.5 Å². The molecule has 0 unspecified atom stereocenters. The number of aliphatic imine (C=N–C) groups is 1. The summed E-state index contributed by atoms with van der Waals surface area (Å²) in [5.74, 6) is 0. The quantitative estimate of drug-likeness (QED) is 0.367. The smallest absolute Gasteiger partial charge is 0.0585 e. The van der Waals surface area contributed by atoms with Gasteiger partial charge in [0.1, 0.15) is 0 Å². The fraction of sp³-hybridized carbons (Fsp3) is 0.500. The Kier molecular flexibility index (Phi) is 6.59. The molecule has 2 nitrogen and oxygen atoms in total. The summed E-state index contributed by atoms with van der Waals surface area (Å²) in [6, 6.07) is 0. The van der Waals surface area contributed by atoms with E-state index in [0.717, 1.165) is 6.42 Å². The average Bonchev–Trinajstić information content (AvgIpc) is 1.87. The Bertz CT molecular complexity index is 182. The largest absolute Gasteiger partial charge is 0.255 e. The van der Waals surface area contributed by atoms with Crippen LogP contribution < -0.4 is 0 Å². The lowest BCUT2D eigenvalue weighted by molar-refractivity contribution is 0.691. The summed E-state index contributed by atoms with van der Waals surface area (Å²) in [7, 11) is -0.840. The van der Waals surface area contributed by atoms with Crippen LogP contribution in [0.15, 0.2) is 16.5 Å². The Morgan fingerprint density at radius 1 is 1.80 bits per heavy atom. The van der Waals surface area contributed by atoms with Crippen LogP contribution in [0.5, 0.6) is 0 Å². The molecule has 0 aromatic rings. The van der Waals surface area contributed by atoms with Gasteiger partial charge < -0.3 is 0 Å². The Hall–Kier alpha value is -0.310. The number of isothiocyanates is 1. The molecule has 0 aliphatic carbocycles. The Morgan fingerprint density at radius 3 is 3.00 bits per heavy atom. The third kappa shape index (κ3) is 7.69. The van der Waals surface area contributed by atoms with Gasteiger partial charge >= 0.3 is 0 Å². The van der Waals surface area contributed by atoms with Crippen molar-refractivity contribution in [3.8, 4) is 0 Å². The first-order chi connectivity index (χ1) is 4.77. The van der Waals surface area contributed by atoms with Crippen LogP contribution in [-0.2, 0) is 10.8 Å². The van der Waals surface area contributed by atoms with E-state index in [1.807, 2.05) is 6.08 Å². The van der Waals surface area contributed by atoms with Gasteiger partial charge in [-0.1, -0.05) is 6.08 Å². The summed E-state index contributed by atoms with van der Waals surface area (Å²) in [5.41, 5.74) is 0. The predicted molar refractivity (Wildman–Crippen MR) is 47.7 cm³/mol. The highest BCUT2D eigenvalue weighted by atomic mass is 32.2. The van der Waals surface area contributed by atoms with Gasteiger partial charge in [0.05, 0.1) is 11.7 Å². The highest BCUT2D eigenvalue weighted by Crippen LogP contribution is 1.85. The molecule has 0 rings (SSSR count). The minimum absolute atomic E-state index is 0.636. The molecule has 0 spiro atoms. The lowest BCUT2D eigenvalue weighted by Gasteiger charge is -1.82. The number of hydrogen-bond acceptors (Lipinski definition) is 3. The van der Waals surface area contributed by atoms with Gasteiger partial charge in [0, 0.05) is 17.1 Å². The van der Waals surface area contributed by atoms with Crippen molar-refractivity contribution in [1.29, 1.82) is 0 Å². The van der Waals surface area contributed by atoms with E-state index in [1.165, 1.54) is 0 Å². The van der Waals surface area contributed by atoms with Crippen molar-refractivity contribution in [1.82, 2.24) is 0 Å². The molecule has 0 radical (unpaired) electrons. The van der Waals surface area contributed by atoms with Crippen LogP contribution in [0.3, 0.4) is 0 Å². The molecule has 56 valence electrons. The van der Waals surface area contributed by atoms with Crippen molar-refractivity contribution >= 4 is 28.2 Å². The average molecular weight is 175 g/mol. The second-order valence-electron chi connectivity index (χ2n) is 1.63. The van der Waals surface area contributed by atoms with Crippen LogP contribution in [0.25, 0.3) is 0 Å². The zero-order chi connectivity index (χ0) is 7.82. The van der Waals surface area contributed by atoms with Gasteiger partial charge in [-0.05, 0) is 24.0 Å². The fourth-order valence-corrected chi connectivity index (χ4v) is 0.887. The monoisotopic (exact) mass is 175 g/mol. The first kappa shape index (κ1) is 9.69. The molecule has 0 aromatic heterocycles. The standard InChI is InChI=1S/C6H9NOS2/c1-10(8)5-3-2-4-7-6-9/h3,5H,2,4H2,1H3/b5-3+/t10-/m0/s1. The van der Waals surface area contributed by atoms with Gasteiger partial charge in [0.2, 0.25) is 0 Å². The van der Waals surface area contributed by atoms with Gasteiger partial charge in [-0.25, -0.2) is 4.99 Å². The molecule has 10 heavy (non-hydrogen) atoms. The predicted octanol–water partition coefficient (Wildman–Crippen LogP) is 1.37. The van der Waals surface area contributed by atoms with E-state index in [1.54, 1.807) is 11.7 Å². The fourth-order valence-electron chi connectivity index (χ4n) is 0.388. The maximum absolute atomic E-state index is 10.4. The molecule has 1 atom stereocenters. The van der Waals surface area contributed by atoms with E-state index in [-0.39, 0.29) is 0 Å². The van der Waals surface area contributed by atoms with E-state index >= 15 is 0 Å². The zero-order valence-corrected chi connectivity index (χ0v) is 7.37. The lowest BCUT2D eigenvalue weighted by Crippen LogP contribution is -1.77. The first-order valence-electron chi connectivity index (χ1n) is 2.80. The summed E-state index contributed by atoms with van der Waals surface area (Å²) in [4.78, 5) is 3.68. The van der Waals surface area contributed by atoms with Gasteiger partial charge in [0.15, 0.2) is 0 Å². The number of rotatable bonds is 4. The molecule has 0 aromatic carbocycles. The molecule has 4 heteroatoms. The summed E-state index contributed by atoms with van der Waals surface area (Å²) in [6.45, 7) is 0.636. The van der Waals surface area contributed by atoms with E-state index in [0.29, 0.717) is 6.54 Å². The number of nitrogens with zero attached hydrogens (tertiary/aromatic N) is 1. The summed E-state index contributed by atoms with van der Waals surface area (Å²) < 4.78 is 10.4. The van der Waals surface area contributed by atoms with Crippen molar-refractivity contribution < 1.29 is 4.21 Å². The molecule has 0 N–H and O–H groups in total. The minimum atomic E-state index is -0.840. The summed E-state index contributed by atoms with van der Waals surface area (Å²) >= 11 is 4.35. The van der Waals surface area contributed by atoms with Crippen LogP contribution in [-0.4, -0.2) is 22.2 Å². The van der Waals surface area contributed by atoms with Crippen LogP contribution in [0, 0.1) is 0 Å². The molecule has 0 heterocycles. The second kappa shape index (κ2) is 6.81. The van der Waals surface area contributed by atoms with Crippen molar-refractivity contribution in [2.45, 2.75) is 6.42 Å². The Balaban J connectivity index is 3.35. The van der Waals surface area contributed by atoms with Crippen molar-refractivity contribution in [2.75, 3.05) is 12.8 Å². The van der Waals surface area contributed by atoms with E-state index < -0.39 is 10.8 Å². The normalized spacial score (nSPS) is 12.9. The van der Waals surface area contributed by atoms with Gasteiger partial charge in [-0.3, -0.25) is 4.21 Å². The third-order valence-corrected chi connectivity index (χ3v) is 1.46. The van der Waals surface area contributed by atoms with Crippen LogP contribution in [0.4, 0.5) is 0 Å². The topological polar surface area (TPSA) is 29.4 Å². The van der Waals surface area contributed by atoms with Crippen molar-refractivity contribution in [3.63, 3.8) is 0 Å². The van der Waals surface area contributed by atoms with Crippen LogP contribution >= 0.6 is 12.2 Å². The van der Waals surface area contributed by atoms with Gasteiger partial charge in [-0.15, -0.1) is 0 Å². The zero-order valence-electron chi connectivity index (χ0n) is 5.74. The molecule has 0 aliphatic rings. The van der Waals surface area contributed by atoms with Gasteiger partial charge in [-0.2, -0.15) is 0 Å². The molecule has 0 fully saturated rings.